The summed E-state index contributed by atoms with van der Waals surface area (Å²) < 4.78 is 39.1. The smallest absolute Gasteiger partial charge is 0.217 e. The Balaban J connectivity index is 2.87. The second kappa shape index (κ2) is 5.57. The zero-order valence-electron chi connectivity index (χ0n) is 9.72. The number of halogens is 1. The van der Waals surface area contributed by atoms with Crippen LogP contribution in [0.3, 0.4) is 0 Å². The molecule has 0 aliphatic carbocycles. The van der Waals surface area contributed by atoms with Gasteiger partial charge in [0.15, 0.2) is 0 Å². The van der Waals surface area contributed by atoms with E-state index in [9.17, 15) is 12.8 Å². The standard InChI is InChI=1S/C11H16FNO3S/c1-8(7-14)17(15,16)13-9(2)10-5-3-4-6-11(10)12/h3-6,8-9,13-14H,7H2,1-2H3. The summed E-state index contributed by atoms with van der Waals surface area (Å²) in [6.07, 6.45) is 0. The largest absolute Gasteiger partial charge is 0.395 e. The molecule has 0 aliphatic rings. The van der Waals surface area contributed by atoms with E-state index < -0.39 is 33.7 Å². The van der Waals surface area contributed by atoms with Gasteiger partial charge in [-0.15, -0.1) is 0 Å². The third kappa shape index (κ3) is 3.49. The van der Waals surface area contributed by atoms with Gasteiger partial charge in [-0.05, 0) is 19.9 Å². The Morgan fingerprint density at radius 2 is 1.94 bits per heavy atom. The Bertz CT molecular complexity index is 475. The molecule has 0 bridgehead atoms. The number of aliphatic hydroxyl groups is 1. The SMILES string of the molecule is CC(NS(=O)(=O)C(C)CO)c1ccccc1F. The molecule has 6 heteroatoms. The molecule has 0 saturated heterocycles. The van der Waals surface area contributed by atoms with E-state index in [1.807, 2.05) is 0 Å². The number of rotatable bonds is 5. The summed E-state index contributed by atoms with van der Waals surface area (Å²) in [5.41, 5.74) is 0.279. The van der Waals surface area contributed by atoms with E-state index in [1.54, 1.807) is 13.0 Å². The molecule has 0 fully saturated rings. The maximum absolute atomic E-state index is 13.4. The Morgan fingerprint density at radius 3 is 2.47 bits per heavy atom. The molecule has 0 aromatic heterocycles. The fraction of sp³-hybridized carbons (Fsp3) is 0.455. The van der Waals surface area contributed by atoms with Crippen LogP contribution in [-0.2, 0) is 10.0 Å². The molecule has 2 N–H and O–H groups in total. The van der Waals surface area contributed by atoms with Crippen LogP contribution in [0.2, 0.25) is 0 Å². The number of aliphatic hydroxyl groups excluding tert-OH is 1. The van der Waals surface area contributed by atoms with Crippen molar-refractivity contribution in [1.29, 1.82) is 0 Å². The summed E-state index contributed by atoms with van der Waals surface area (Å²) in [4.78, 5) is 0. The highest BCUT2D eigenvalue weighted by atomic mass is 32.2. The fourth-order valence-corrected chi connectivity index (χ4v) is 2.40. The van der Waals surface area contributed by atoms with E-state index in [4.69, 9.17) is 5.11 Å². The molecule has 0 spiro atoms. The lowest BCUT2D eigenvalue weighted by atomic mass is 10.1. The first-order valence-corrected chi connectivity index (χ1v) is 6.79. The quantitative estimate of drug-likeness (QED) is 0.836. The molecule has 96 valence electrons. The Kier molecular flexibility index (Phi) is 4.62. The van der Waals surface area contributed by atoms with Gasteiger partial charge in [-0.3, -0.25) is 0 Å². The summed E-state index contributed by atoms with van der Waals surface area (Å²) in [7, 11) is -3.64. The Morgan fingerprint density at radius 1 is 1.35 bits per heavy atom. The van der Waals surface area contributed by atoms with Gasteiger partial charge >= 0.3 is 0 Å². The Hall–Kier alpha value is -0.980. The summed E-state index contributed by atoms with van der Waals surface area (Å²) in [5.74, 6) is -0.459. The predicted octanol–water partition coefficient (Wildman–Crippen LogP) is 1.19. The van der Waals surface area contributed by atoms with E-state index in [1.165, 1.54) is 25.1 Å². The average Bonchev–Trinajstić information content (AvgIpc) is 2.27. The van der Waals surface area contributed by atoms with Gasteiger partial charge in [-0.25, -0.2) is 17.5 Å². The molecule has 0 saturated carbocycles. The Labute approximate surface area is 101 Å². The van der Waals surface area contributed by atoms with Gasteiger partial charge in [-0.1, -0.05) is 18.2 Å². The second-order valence-corrected chi connectivity index (χ2v) is 6.03. The number of sulfonamides is 1. The van der Waals surface area contributed by atoms with Gasteiger partial charge in [0.05, 0.1) is 11.9 Å². The highest BCUT2D eigenvalue weighted by Gasteiger charge is 2.23. The van der Waals surface area contributed by atoms with E-state index >= 15 is 0 Å². The highest BCUT2D eigenvalue weighted by molar-refractivity contribution is 7.90. The number of hydrogen-bond acceptors (Lipinski definition) is 3. The van der Waals surface area contributed by atoms with Crippen molar-refractivity contribution in [2.75, 3.05) is 6.61 Å². The molecule has 0 heterocycles. The topological polar surface area (TPSA) is 66.4 Å². The third-order valence-electron chi connectivity index (χ3n) is 2.50. The number of nitrogens with one attached hydrogen (secondary N) is 1. The minimum atomic E-state index is -3.64. The molecule has 1 rings (SSSR count). The van der Waals surface area contributed by atoms with Crippen molar-refractivity contribution in [3.05, 3.63) is 35.6 Å². The molecule has 0 radical (unpaired) electrons. The van der Waals surface area contributed by atoms with Gasteiger partial charge in [0.2, 0.25) is 10.0 Å². The van der Waals surface area contributed by atoms with Crippen LogP contribution in [0.1, 0.15) is 25.5 Å². The van der Waals surface area contributed by atoms with Gasteiger partial charge in [0, 0.05) is 11.6 Å². The second-order valence-electron chi connectivity index (χ2n) is 3.90. The molecule has 1 aromatic rings. The molecular formula is C11H16FNO3S. The highest BCUT2D eigenvalue weighted by Crippen LogP contribution is 2.17. The van der Waals surface area contributed by atoms with Crippen molar-refractivity contribution in [2.24, 2.45) is 0 Å². The molecule has 2 atom stereocenters. The zero-order chi connectivity index (χ0) is 13.1. The van der Waals surface area contributed by atoms with Crippen LogP contribution in [0.25, 0.3) is 0 Å². The molecular weight excluding hydrogens is 245 g/mol. The van der Waals surface area contributed by atoms with E-state index in [2.05, 4.69) is 4.72 Å². The first-order chi connectivity index (χ1) is 7.88. The van der Waals surface area contributed by atoms with Crippen molar-refractivity contribution >= 4 is 10.0 Å². The van der Waals surface area contributed by atoms with E-state index in [-0.39, 0.29) is 5.56 Å². The lowest BCUT2D eigenvalue weighted by Gasteiger charge is -2.17. The number of benzene rings is 1. The van der Waals surface area contributed by atoms with E-state index in [0.29, 0.717) is 0 Å². The molecule has 4 nitrogen and oxygen atoms in total. The third-order valence-corrected chi connectivity index (χ3v) is 4.39. The van der Waals surface area contributed by atoms with Crippen LogP contribution in [0.4, 0.5) is 4.39 Å². The minimum absolute atomic E-state index is 0.279. The molecule has 17 heavy (non-hydrogen) atoms. The van der Waals surface area contributed by atoms with Crippen molar-refractivity contribution in [3.8, 4) is 0 Å². The van der Waals surface area contributed by atoms with Crippen LogP contribution < -0.4 is 4.72 Å². The first-order valence-electron chi connectivity index (χ1n) is 5.25. The van der Waals surface area contributed by atoms with Crippen LogP contribution in [0.5, 0.6) is 0 Å². The predicted molar refractivity (Wildman–Crippen MR) is 63.4 cm³/mol. The van der Waals surface area contributed by atoms with Crippen LogP contribution in [-0.4, -0.2) is 25.4 Å². The first kappa shape index (κ1) is 14.1. The van der Waals surface area contributed by atoms with Gasteiger partial charge in [-0.2, -0.15) is 0 Å². The summed E-state index contributed by atoms with van der Waals surface area (Å²) in [6, 6.07) is 5.30. The van der Waals surface area contributed by atoms with Crippen molar-refractivity contribution < 1.29 is 17.9 Å². The van der Waals surface area contributed by atoms with Crippen molar-refractivity contribution in [3.63, 3.8) is 0 Å². The van der Waals surface area contributed by atoms with Crippen molar-refractivity contribution in [2.45, 2.75) is 25.1 Å². The van der Waals surface area contributed by atoms with Gasteiger partial charge < -0.3 is 5.11 Å². The molecule has 0 amide bonds. The summed E-state index contributed by atoms with van der Waals surface area (Å²) in [6.45, 7) is 2.47. The maximum atomic E-state index is 13.4. The summed E-state index contributed by atoms with van der Waals surface area (Å²) >= 11 is 0. The number of hydrogen-bond donors (Lipinski definition) is 2. The average molecular weight is 261 g/mol. The van der Waals surface area contributed by atoms with Crippen LogP contribution in [0, 0.1) is 5.82 Å². The molecule has 0 aliphatic heterocycles. The molecule has 2 unspecified atom stereocenters. The van der Waals surface area contributed by atoms with Gasteiger partial charge in [0.1, 0.15) is 5.82 Å². The van der Waals surface area contributed by atoms with Crippen LogP contribution >= 0.6 is 0 Å². The van der Waals surface area contributed by atoms with Gasteiger partial charge in [0.25, 0.3) is 0 Å². The zero-order valence-corrected chi connectivity index (χ0v) is 10.5. The summed E-state index contributed by atoms with van der Waals surface area (Å²) in [5, 5.41) is 7.90. The van der Waals surface area contributed by atoms with Crippen LogP contribution in [0.15, 0.2) is 24.3 Å². The lowest BCUT2D eigenvalue weighted by Crippen LogP contribution is -2.36. The van der Waals surface area contributed by atoms with E-state index in [0.717, 1.165) is 0 Å². The fourth-order valence-electron chi connectivity index (χ4n) is 1.35. The maximum Gasteiger partial charge on any atom is 0.217 e. The van der Waals surface area contributed by atoms with Crippen molar-refractivity contribution in [1.82, 2.24) is 4.72 Å². The monoisotopic (exact) mass is 261 g/mol. The normalized spacial score (nSPS) is 15.5. The minimum Gasteiger partial charge on any atom is -0.395 e. The molecule has 1 aromatic carbocycles. The lowest BCUT2D eigenvalue weighted by molar-refractivity contribution is 0.294.